The Morgan fingerprint density at radius 2 is 1.94 bits per heavy atom. The molecule has 0 aliphatic carbocycles. The molecule has 0 atom stereocenters. The molecule has 1 aromatic carbocycles. The maximum absolute atomic E-state index is 9.73. The summed E-state index contributed by atoms with van der Waals surface area (Å²) in [5.74, 6) is 0.0466. The summed E-state index contributed by atoms with van der Waals surface area (Å²) in [5.41, 5.74) is 0.453. The minimum absolute atomic E-state index is 0.0466. The minimum atomic E-state index is -0.196. The van der Waals surface area contributed by atoms with Gasteiger partial charge in [-0.1, -0.05) is 37.0 Å². The molecule has 0 aliphatic rings. The van der Waals surface area contributed by atoms with Crippen LogP contribution in [0, 0.1) is 5.41 Å². The Balaban J connectivity index is 2.64. The van der Waals surface area contributed by atoms with Gasteiger partial charge in [-0.25, -0.2) is 0 Å². The molecule has 0 aliphatic heterocycles. The lowest BCUT2D eigenvalue weighted by atomic mass is 9.95. The zero-order valence-corrected chi connectivity index (χ0v) is 11.4. The van der Waals surface area contributed by atoms with Gasteiger partial charge in [0, 0.05) is 35.7 Å². The Morgan fingerprint density at radius 3 is 2.53 bits per heavy atom. The monoisotopic (exact) mass is 277 g/mol. The molecule has 0 radical (unpaired) electrons. The molecule has 0 saturated carbocycles. The van der Waals surface area contributed by atoms with Gasteiger partial charge in [-0.2, -0.15) is 0 Å². The molecule has 3 N–H and O–H groups in total. The minimum Gasteiger partial charge on any atom is -0.506 e. The molecule has 1 aromatic rings. The van der Waals surface area contributed by atoms with Crippen LogP contribution in [0.3, 0.4) is 0 Å². The van der Waals surface area contributed by atoms with Gasteiger partial charge < -0.3 is 15.5 Å². The van der Waals surface area contributed by atoms with Crippen LogP contribution < -0.4 is 5.32 Å². The number of benzene rings is 1. The van der Waals surface area contributed by atoms with Gasteiger partial charge in [0.2, 0.25) is 0 Å². The van der Waals surface area contributed by atoms with E-state index in [-0.39, 0.29) is 22.8 Å². The van der Waals surface area contributed by atoms with Crippen LogP contribution in [-0.2, 0) is 6.54 Å². The van der Waals surface area contributed by atoms with E-state index in [0.717, 1.165) is 0 Å². The first kappa shape index (κ1) is 14.6. The average molecular weight is 278 g/mol. The molecule has 0 saturated heterocycles. The molecule has 1 rings (SSSR count). The van der Waals surface area contributed by atoms with Crippen LogP contribution in [0.15, 0.2) is 12.1 Å². The molecule has 0 fully saturated rings. The molecule has 5 heteroatoms. The molecular formula is C12H17Cl2NO2. The third-order valence-corrected chi connectivity index (χ3v) is 2.96. The maximum Gasteiger partial charge on any atom is 0.138 e. The summed E-state index contributed by atoms with van der Waals surface area (Å²) in [6.07, 6.45) is 0. The van der Waals surface area contributed by atoms with Crippen molar-refractivity contribution in [2.45, 2.75) is 20.4 Å². The smallest absolute Gasteiger partial charge is 0.138 e. The van der Waals surface area contributed by atoms with Crippen LogP contribution in [0.1, 0.15) is 19.4 Å². The van der Waals surface area contributed by atoms with E-state index < -0.39 is 0 Å². The number of rotatable bonds is 5. The number of nitrogens with one attached hydrogen (secondary N) is 1. The van der Waals surface area contributed by atoms with Crippen LogP contribution in [0.2, 0.25) is 10.0 Å². The topological polar surface area (TPSA) is 52.5 Å². The van der Waals surface area contributed by atoms with Gasteiger partial charge in [0.1, 0.15) is 5.75 Å². The van der Waals surface area contributed by atoms with Gasteiger partial charge >= 0.3 is 0 Å². The van der Waals surface area contributed by atoms with E-state index in [1.165, 1.54) is 6.07 Å². The predicted octanol–water partition coefficient (Wildman–Crippen LogP) is 2.81. The summed E-state index contributed by atoms with van der Waals surface area (Å²) in [4.78, 5) is 0. The van der Waals surface area contributed by atoms with Crippen LogP contribution in [0.25, 0.3) is 0 Å². The highest BCUT2D eigenvalue weighted by atomic mass is 35.5. The first-order chi connectivity index (χ1) is 7.85. The number of hydrogen-bond donors (Lipinski definition) is 3. The molecule has 0 aromatic heterocycles. The Kier molecular flexibility index (Phi) is 5.07. The van der Waals surface area contributed by atoms with Crippen molar-refractivity contribution in [3.63, 3.8) is 0 Å². The maximum atomic E-state index is 9.73. The summed E-state index contributed by atoms with van der Waals surface area (Å²) >= 11 is 11.7. The standard InChI is InChI=1S/C12H17Cl2NO2/c1-12(2,7-16)6-15-5-8-3-9(13)4-10(14)11(8)17/h3-4,15-17H,5-7H2,1-2H3. The van der Waals surface area contributed by atoms with Gasteiger partial charge in [-0.05, 0) is 12.1 Å². The fraction of sp³-hybridized carbons (Fsp3) is 0.500. The Labute approximate surface area is 111 Å². The van der Waals surface area contributed by atoms with Gasteiger partial charge in [0.25, 0.3) is 0 Å². The third kappa shape index (κ3) is 4.36. The van der Waals surface area contributed by atoms with E-state index >= 15 is 0 Å². The fourth-order valence-corrected chi connectivity index (χ4v) is 1.88. The number of aliphatic hydroxyl groups excluding tert-OH is 1. The summed E-state index contributed by atoms with van der Waals surface area (Å²) in [6, 6.07) is 3.17. The summed E-state index contributed by atoms with van der Waals surface area (Å²) in [6.45, 7) is 5.08. The molecule has 0 heterocycles. The molecule has 17 heavy (non-hydrogen) atoms. The van der Waals surface area contributed by atoms with E-state index in [1.54, 1.807) is 6.07 Å². The van der Waals surface area contributed by atoms with Crippen molar-refractivity contribution in [2.24, 2.45) is 5.41 Å². The predicted molar refractivity (Wildman–Crippen MR) is 70.7 cm³/mol. The second kappa shape index (κ2) is 5.91. The molecular weight excluding hydrogens is 261 g/mol. The molecule has 0 unspecified atom stereocenters. The first-order valence-electron chi connectivity index (χ1n) is 5.34. The fourth-order valence-electron chi connectivity index (χ4n) is 1.35. The van der Waals surface area contributed by atoms with Gasteiger partial charge in [0.15, 0.2) is 0 Å². The SMILES string of the molecule is CC(C)(CO)CNCc1cc(Cl)cc(Cl)c1O. The highest BCUT2D eigenvalue weighted by Gasteiger charge is 2.16. The lowest BCUT2D eigenvalue weighted by molar-refractivity contribution is 0.156. The molecule has 0 amide bonds. The van der Waals surface area contributed by atoms with Crippen LogP contribution >= 0.6 is 23.2 Å². The summed E-state index contributed by atoms with van der Waals surface area (Å²) in [5, 5.41) is 22.7. The highest BCUT2D eigenvalue weighted by Crippen LogP contribution is 2.31. The molecule has 96 valence electrons. The second-order valence-electron chi connectivity index (χ2n) is 4.82. The second-order valence-corrected chi connectivity index (χ2v) is 5.66. The van der Waals surface area contributed by atoms with Crippen molar-refractivity contribution in [3.8, 4) is 5.75 Å². The van der Waals surface area contributed by atoms with Gasteiger partial charge in [0.05, 0.1) is 5.02 Å². The van der Waals surface area contributed by atoms with E-state index in [2.05, 4.69) is 5.32 Å². The van der Waals surface area contributed by atoms with Crippen molar-refractivity contribution in [1.82, 2.24) is 5.32 Å². The number of halogens is 2. The Hall–Kier alpha value is -0.480. The summed E-state index contributed by atoms with van der Waals surface area (Å²) in [7, 11) is 0. The van der Waals surface area contributed by atoms with E-state index in [0.29, 0.717) is 23.7 Å². The Bertz CT molecular complexity index is 394. The number of phenols is 1. The van der Waals surface area contributed by atoms with Gasteiger partial charge in [-0.15, -0.1) is 0 Å². The quantitative estimate of drug-likeness (QED) is 0.776. The van der Waals surface area contributed by atoms with Gasteiger partial charge in [-0.3, -0.25) is 0 Å². The number of phenolic OH excluding ortho intramolecular Hbond substituents is 1. The Morgan fingerprint density at radius 1 is 1.29 bits per heavy atom. The zero-order valence-electron chi connectivity index (χ0n) is 9.93. The number of aromatic hydroxyl groups is 1. The average Bonchev–Trinajstić information content (AvgIpc) is 2.24. The molecule has 0 spiro atoms. The van der Waals surface area contributed by atoms with Crippen LogP contribution in [0.4, 0.5) is 0 Å². The van der Waals surface area contributed by atoms with Crippen LogP contribution in [0.5, 0.6) is 5.75 Å². The van der Waals surface area contributed by atoms with Crippen molar-refractivity contribution in [1.29, 1.82) is 0 Å². The lowest BCUT2D eigenvalue weighted by Crippen LogP contribution is -2.31. The molecule has 0 bridgehead atoms. The molecule has 3 nitrogen and oxygen atoms in total. The van der Waals surface area contributed by atoms with Crippen molar-refractivity contribution in [3.05, 3.63) is 27.7 Å². The van der Waals surface area contributed by atoms with Crippen molar-refractivity contribution < 1.29 is 10.2 Å². The number of hydrogen-bond acceptors (Lipinski definition) is 3. The number of aliphatic hydroxyl groups is 1. The lowest BCUT2D eigenvalue weighted by Gasteiger charge is -2.22. The van der Waals surface area contributed by atoms with Crippen molar-refractivity contribution in [2.75, 3.05) is 13.2 Å². The van der Waals surface area contributed by atoms with Crippen LogP contribution in [-0.4, -0.2) is 23.4 Å². The third-order valence-electron chi connectivity index (χ3n) is 2.45. The van der Waals surface area contributed by atoms with E-state index in [1.807, 2.05) is 13.8 Å². The van der Waals surface area contributed by atoms with E-state index in [4.69, 9.17) is 28.3 Å². The largest absolute Gasteiger partial charge is 0.506 e. The normalized spacial score (nSPS) is 11.8. The zero-order chi connectivity index (χ0) is 13.1. The summed E-state index contributed by atoms with van der Waals surface area (Å²) < 4.78 is 0. The highest BCUT2D eigenvalue weighted by molar-refractivity contribution is 6.35. The first-order valence-corrected chi connectivity index (χ1v) is 6.10. The van der Waals surface area contributed by atoms with Crippen molar-refractivity contribution >= 4 is 23.2 Å². The van der Waals surface area contributed by atoms with E-state index in [9.17, 15) is 5.11 Å².